The molecule has 0 amide bonds. The van der Waals surface area contributed by atoms with Crippen LogP contribution in [0, 0.1) is 11.3 Å². The maximum atomic E-state index is 11.2. The first-order chi connectivity index (χ1) is 7.28. The average molecular weight is 224 g/mol. The molecule has 0 saturated heterocycles. The molecule has 1 atom stereocenters. The lowest BCUT2D eigenvalue weighted by atomic mass is 9.84. The number of ether oxygens (including phenoxy) is 1. The highest BCUT2D eigenvalue weighted by Gasteiger charge is 2.19. The summed E-state index contributed by atoms with van der Waals surface area (Å²) in [7, 11) is 1.44. The molecule has 0 unspecified atom stereocenters. The topological polar surface area (TPSA) is 26.3 Å². The van der Waals surface area contributed by atoms with E-state index in [2.05, 4.69) is 26.5 Å². The first kappa shape index (κ1) is 14.9. The number of carbonyl (C=O) groups excluding carboxylic acids is 1. The predicted octanol–water partition coefficient (Wildman–Crippen LogP) is 3.73. The molecule has 0 heterocycles. The second-order valence-corrected chi connectivity index (χ2v) is 5.13. The first-order valence-corrected chi connectivity index (χ1v) is 5.71. The third-order valence-electron chi connectivity index (χ3n) is 2.64. The molecule has 0 rings (SSSR count). The molecule has 0 aromatic carbocycles. The minimum Gasteiger partial charge on any atom is -0.469 e. The summed E-state index contributed by atoms with van der Waals surface area (Å²) in [5.41, 5.74) is 1.15. The van der Waals surface area contributed by atoms with Crippen LogP contribution in [0.1, 0.15) is 40.5 Å². The molecular weight excluding hydrogens is 200 g/mol. The Labute approximate surface area is 99.4 Å². The lowest BCUT2D eigenvalue weighted by Gasteiger charge is -2.21. The van der Waals surface area contributed by atoms with Crippen molar-refractivity contribution in [2.75, 3.05) is 7.11 Å². The molecule has 16 heavy (non-hydrogen) atoms. The predicted molar refractivity (Wildman–Crippen MR) is 68.1 cm³/mol. The Morgan fingerprint density at radius 1 is 1.50 bits per heavy atom. The van der Waals surface area contributed by atoms with Crippen molar-refractivity contribution in [3.05, 3.63) is 24.3 Å². The van der Waals surface area contributed by atoms with E-state index in [4.69, 9.17) is 4.74 Å². The molecule has 2 heteroatoms. The summed E-state index contributed by atoms with van der Waals surface area (Å²) in [4.78, 5) is 11.2. The molecule has 92 valence electrons. The molecule has 0 saturated carbocycles. The molecule has 0 fully saturated rings. The lowest BCUT2D eigenvalue weighted by molar-refractivity contribution is -0.145. The summed E-state index contributed by atoms with van der Waals surface area (Å²) < 4.78 is 4.70. The minimum absolute atomic E-state index is 0.0255. The average Bonchev–Trinajstić information content (AvgIpc) is 2.22. The molecular formula is C14H24O2. The molecule has 0 aromatic rings. The van der Waals surface area contributed by atoms with Crippen LogP contribution in [0.2, 0.25) is 0 Å². The summed E-state index contributed by atoms with van der Waals surface area (Å²) in [5.74, 6) is -0.151. The number of hydrogen-bond donors (Lipinski definition) is 0. The van der Waals surface area contributed by atoms with Crippen LogP contribution in [0.15, 0.2) is 24.3 Å². The normalized spacial score (nSPS) is 13.8. The summed E-state index contributed by atoms with van der Waals surface area (Å²) >= 11 is 0. The van der Waals surface area contributed by atoms with Gasteiger partial charge in [0.15, 0.2) is 0 Å². The van der Waals surface area contributed by atoms with Gasteiger partial charge in [0.25, 0.3) is 0 Å². The van der Waals surface area contributed by atoms with Crippen LogP contribution in [0.5, 0.6) is 0 Å². The van der Waals surface area contributed by atoms with Gasteiger partial charge in [-0.05, 0) is 25.2 Å². The van der Waals surface area contributed by atoms with Crippen LogP contribution in [0.25, 0.3) is 0 Å². The van der Waals surface area contributed by atoms with Crippen LogP contribution in [0.3, 0.4) is 0 Å². The molecule has 2 nitrogen and oxygen atoms in total. The van der Waals surface area contributed by atoms with Crippen molar-refractivity contribution in [2.24, 2.45) is 11.3 Å². The first-order valence-electron chi connectivity index (χ1n) is 5.71. The number of methoxy groups -OCH3 is 1. The van der Waals surface area contributed by atoms with E-state index in [1.165, 1.54) is 7.11 Å². The maximum absolute atomic E-state index is 11.2. The highest BCUT2D eigenvalue weighted by molar-refractivity contribution is 5.71. The van der Waals surface area contributed by atoms with Gasteiger partial charge in [0.1, 0.15) is 0 Å². The molecule has 0 aliphatic carbocycles. The Hall–Kier alpha value is -1.05. The summed E-state index contributed by atoms with van der Waals surface area (Å²) in [6, 6.07) is 0. The van der Waals surface area contributed by atoms with Gasteiger partial charge < -0.3 is 4.74 Å². The monoisotopic (exact) mass is 224 g/mol. The fraction of sp³-hybridized carbons (Fsp3) is 0.643. The maximum Gasteiger partial charge on any atom is 0.308 e. The Morgan fingerprint density at radius 3 is 2.50 bits per heavy atom. The van der Waals surface area contributed by atoms with Crippen molar-refractivity contribution >= 4 is 5.97 Å². The Kier molecular flexibility index (Phi) is 6.09. The van der Waals surface area contributed by atoms with Crippen LogP contribution in [0.4, 0.5) is 0 Å². The fourth-order valence-electron chi connectivity index (χ4n) is 1.36. The zero-order chi connectivity index (χ0) is 12.8. The summed E-state index contributed by atoms with van der Waals surface area (Å²) in [6.07, 6.45) is 6.00. The minimum atomic E-state index is -0.125. The van der Waals surface area contributed by atoms with Crippen LogP contribution in [-0.2, 0) is 9.53 Å². The fourth-order valence-corrected chi connectivity index (χ4v) is 1.36. The van der Waals surface area contributed by atoms with Crippen LogP contribution >= 0.6 is 0 Å². The summed E-state index contributed by atoms with van der Waals surface area (Å²) in [6.45, 7) is 12.0. The van der Waals surface area contributed by atoms with Crippen molar-refractivity contribution in [3.63, 3.8) is 0 Å². The quantitative estimate of drug-likeness (QED) is 0.507. The van der Waals surface area contributed by atoms with Gasteiger partial charge in [0, 0.05) is 0 Å². The molecule has 0 spiro atoms. The third kappa shape index (κ3) is 6.44. The number of carbonyl (C=O) groups is 1. The van der Waals surface area contributed by atoms with E-state index in [1.807, 2.05) is 19.9 Å². The van der Waals surface area contributed by atoms with Gasteiger partial charge >= 0.3 is 5.97 Å². The van der Waals surface area contributed by atoms with E-state index in [0.717, 1.165) is 18.4 Å². The molecule has 0 radical (unpaired) electrons. The summed E-state index contributed by atoms with van der Waals surface area (Å²) in [5, 5.41) is 0. The van der Waals surface area contributed by atoms with Crippen molar-refractivity contribution in [3.8, 4) is 0 Å². The SMILES string of the molecule is C=C(C)/C=C/C(C)(C)CC[C@H](C)C(=O)OC. The van der Waals surface area contributed by atoms with E-state index >= 15 is 0 Å². The second kappa shape index (κ2) is 6.51. The number of hydrogen-bond acceptors (Lipinski definition) is 2. The lowest BCUT2D eigenvalue weighted by Crippen LogP contribution is -2.16. The standard InChI is InChI=1S/C14H24O2/c1-11(2)7-9-14(4,5)10-8-12(3)13(15)16-6/h7,9,12H,1,8,10H2,2-6H3/b9-7+/t12-/m0/s1. The highest BCUT2D eigenvalue weighted by Crippen LogP contribution is 2.27. The zero-order valence-electron chi connectivity index (χ0n) is 11.2. The van der Waals surface area contributed by atoms with Gasteiger partial charge in [-0.2, -0.15) is 0 Å². The zero-order valence-corrected chi connectivity index (χ0v) is 11.2. The van der Waals surface area contributed by atoms with E-state index in [1.54, 1.807) is 0 Å². The molecule has 0 bridgehead atoms. The largest absolute Gasteiger partial charge is 0.469 e. The van der Waals surface area contributed by atoms with Crippen molar-refractivity contribution in [1.82, 2.24) is 0 Å². The molecule has 0 aliphatic heterocycles. The number of rotatable bonds is 6. The van der Waals surface area contributed by atoms with Gasteiger partial charge in [-0.25, -0.2) is 0 Å². The van der Waals surface area contributed by atoms with Crippen molar-refractivity contribution < 1.29 is 9.53 Å². The van der Waals surface area contributed by atoms with Crippen LogP contribution < -0.4 is 0 Å². The Morgan fingerprint density at radius 2 is 2.06 bits per heavy atom. The third-order valence-corrected chi connectivity index (χ3v) is 2.64. The van der Waals surface area contributed by atoms with E-state index in [0.29, 0.717) is 0 Å². The van der Waals surface area contributed by atoms with E-state index in [9.17, 15) is 4.79 Å². The Balaban J connectivity index is 4.18. The van der Waals surface area contributed by atoms with E-state index < -0.39 is 0 Å². The van der Waals surface area contributed by atoms with Crippen molar-refractivity contribution in [2.45, 2.75) is 40.5 Å². The van der Waals surface area contributed by atoms with Crippen LogP contribution in [-0.4, -0.2) is 13.1 Å². The van der Waals surface area contributed by atoms with Gasteiger partial charge in [-0.15, -0.1) is 0 Å². The van der Waals surface area contributed by atoms with Gasteiger partial charge in [0.05, 0.1) is 13.0 Å². The smallest absolute Gasteiger partial charge is 0.308 e. The Bertz CT molecular complexity index is 274. The van der Waals surface area contributed by atoms with Crippen molar-refractivity contribution in [1.29, 1.82) is 0 Å². The second-order valence-electron chi connectivity index (χ2n) is 5.13. The molecule has 0 aliphatic rings. The van der Waals surface area contributed by atoms with Gasteiger partial charge in [0.2, 0.25) is 0 Å². The molecule has 0 N–H and O–H groups in total. The van der Waals surface area contributed by atoms with Gasteiger partial charge in [-0.1, -0.05) is 45.1 Å². The molecule has 0 aromatic heterocycles. The number of esters is 1. The number of allylic oxidation sites excluding steroid dienone is 3. The van der Waals surface area contributed by atoms with Gasteiger partial charge in [-0.3, -0.25) is 4.79 Å². The van der Waals surface area contributed by atoms with E-state index in [-0.39, 0.29) is 17.3 Å². The highest BCUT2D eigenvalue weighted by atomic mass is 16.5.